The summed E-state index contributed by atoms with van der Waals surface area (Å²) in [6, 6.07) is 11.7. The zero-order valence-electron chi connectivity index (χ0n) is 11.5. The van der Waals surface area contributed by atoms with Crippen molar-refractivity contribution in [3.05, 3.63) is 47.5 Å². The number of fused-ring (bicyclic) bond motifs is 3. The highest BCUT2D eigenvalue weighted by Gasteiger charge is 2.13. The van der Waals surface area contributed by atoms with Gasteiger partial charge in [-0.05, 0) is 50.2 Å². The zero-order valence-corrected chi connectivity index (χ0v) is 11.5. The number of carbonyl (C=O) groups is 2. The SMILES string of the molecule is CC(C)n1c2ccc(C=O)cc2c2cc(C=O)ccc21. The summed E-state index contributed by atoms with van der Waals surface area (Å²) in [6.07, 6.45) is 1.70. The minimum atomic E-state index is 0.305. The van der Waals surface area contributed by atoms with Gasteiger partial charge in [0.1, 0.15) is 12.6 Å². The van der Waals surface area contributed by atoms with Crippen LogP contribution in [0.15, 0.2) is 36.4 Å². The predicted octanol–water partition coefficient (Wildman–Crippen LogP) is 4.00. The third kappa shape index (κ3) is 1.74. The molecular weight excluding hydrogens is 250 g/mol. The summed E-state index contributed by atoms with van der Waals surface area (Å²) in [5.74, 6) is 0. The van der Waals surface area contributed by atoms with Crippen LogP contribution in [0.2, 0.25) is 0 Å². The van der Waals surface area contributed by atoms with Crippen molar-refractivity contribution in [3.8, 4) is 0 Å². The van der Waals surface area contributed by atoms with Crippen molar-refractivity contribution >= 4 is 34.4 Å². The fraction of sp³-hybridized carbons (Fsp3) is 0.176. The molecule has 0 aliphatic rings. The van der Waals surface area contributed by atoms with Crippen LogP contribution in [0.5, 0.6) is 0 Å². The molecule has 0 aliphatic carbocycles. The van der Waals surface area contributed by atoms with Crippen molar-refractivity contribution in [3.63, 3.8) is 0 Å². The van der Waals surface area contributed by atoms with E-state index >= 15 is 0 Å². The lowest BCUT2D eigenvalue weighted by atomic mass is 10.1. The smallest absolute Gasteiger partial charge is 0.150 e. The molecule has 0 atom stereocenters. The van der Waals surface area contributed by atoms with Crippen LogP contribution in [0.4, 0.5) is 0 Å². The highest BCUT2D eigenvalue weighted by molar-refractivity contribution is 6.10. The molecule has 1 aromatic heterocycles. The summed E-state index contributed by atoms with van der Waals surface area (Å²) in [7, 11) is 0. The van der Waals surface area contributed by atoms with Crippen LogP contribution in [0.3, 0.4) is 0 Å². The molecule has 0 fully saturated rings. The first-order chi connectivity index (χ1) is 9.65. The lowest BCUT2D eigenvalue weighted by Gasteiger charge is -2.11. The summed E-state index contributed by atoms with van der Waals surface area (Å²) >= 11 is 0. The van der Waals surface area contributed by atoms with Gasteiger partial charge < -0.3 is 4.57 Å². The molecular formula is C17H15NO2. The van der Waals surface area contributed by atoms with Crippen molar-refractivity contribution in [2.75, 3.05) is 0 Å². The van der Waals surface area contributed by atoms with Crippen molar-refractivity contribution in [2.45, 2.75) is 19.9 Å². The molecule has 3 nitrogen and oxygen atoms in total. The van der Waals surface area contributed by atoms with Gasteiger partial charge in [-0.15, -0.1) is 0 Å². The molecule has 3 rings (SSSR count). The average Bonchev–Trinajstić information content (AvgIpc) is 2.79. The second-order valence-electron chi connectivity index (χ2n) is 5.25. The molecule has 3 heteroatoms. The molecule has 0 bridgehead atoms. The fourth-order valence-corrected chi connectivity index (χ4v) is 2.79. The highest BCUT2D eigenvalue weighted by Crippen LogP contribution is 2.32. The Labute approximate surface area is 116 Å². The zero-order chi connectivity index (χ0) is 14.3. The molecule has 20 heavy (non-hydrogen) atoms. The monoisotopic (exact) mass is 265 g/mol. The number of hydrogen-bond donors (Lipinski definition) is 0. The summed E-state index contributed by atoms with van der Waals surface area (Å²) < 4.78 is 2.23. The Morgan fingerprint density at radius 2 is 1.30 bits per heavy atom. The maximum absolute atomic E-state index is 11.0. The van der Waals surface area contributed by atoms with Crippen LogP contribution in [-0.4, -0.2) is 17.1 Å². The van der Waals surface area contributed by atoms with E-state index in [1.807, 2.05) is 36.4 Å². The number of rotatable bonds is 3. The summed E-state index contributed by atoms with van der Waals surface area (Å²) in [5, 5.41) is 2.03. The summed E-state index contributed by atoms with van der Waals surface area (Å²) in [5.41, 5.74) is 3.47. The molecule has 0 amide bonds. The van der Waals surface area contributed by atoms with Crippen LogP contribution < -0.4 is 0 Å². The summed E-state index contributed by atoms with van der Waals surface area (Å²) in [6.45, 7) is 4.25. The first kappa shape index (κ1) is 12.6. The topological polar surface area (TPSA) is 39.1 Å². The number of hydrogen-bond acceptors (Lipinski definition) is 2. The molecule has 0 saturated carbocycles. The molecule has 2 aromatic carbocycles. The van der Waals surface area contributed by atoms with Crippen molar-refractivity contribution in [1.82, 2.24) is 4.57 Å². The highest BCUT2D eigenvalue weighted by atomic mass is 16.1. The van der Waals surface area contributed by atoms with E-state index in [0.717, 1.165) is 34.4 Å². The Morgan fingerprint density at radius 3 is 1.65 bits per heavy atom. The Hall–Kier alpha value is -2.42. The second-order valence-corrected chi connectivity index (χ2v) is 5.25. The maximum atomic E-state index is 11.0. The van der Waals surface area contributed by atoms with E-state index in [2.05, 4.69) is 18.4 Å². The fourth-order valence-electron chi connectivity index (χ4n) is 2.79. The van der Waals surface area contributed by atoms with E-state index in [9.17, 15) is 9.59 Å². The first-order valence-corrected chi connectivity index (χ1v) is 6.63. The predicted molar refractivity (Wildman–Crippen MR) is 80.6 cm³/mol. The lowest BCUT2D eigenvalue weighted by Crippen LogP contribution is -1.99. The van der Waals surface area contributed by atoms with Gasteiger partial charge in [0.2, 0.25) is 0 Å². The number of carbonyl (C=O) groups excluding carboxylic acids is 2. The molecule has 0 radical (unpaired) electrons. The molecule has 0 unspecified atom stereocenters. The number of benzene rings is 2. The van der Waals surface area contributed by atoms with Gasteiger partial charge in [0.05, 0.1) is 0 Å². The minimum Gasteiger partial charge on any atom is -0.338 e. The molecule has 100 valence electrons. The van der Waals surface area contributed by atoms with Crippen LogP contribution >= 0.6 is 0 Å². The Bertz CT molecular complexity index is 762. The molecule has 0 aliphatic heterocycles. The quantitative estimate of drug-likeness (QED) is 0.671. The maximum Gasteiger partial charge on any atom is 0.150 e. The summed E-state index contributed by atoms with van der Waals surface area (Å²) in [4.78, 5) is 22.0. The van der Waals surface area contributed by atoms with Crippen LogP contribution in [0, 0.1) is 0 Å². The first-order valence-electron chi connectivity index (χ1n) is 6.63. The van der Waals surface area contributed by atoms with Crippen LogP contribution in [-0.2, 0) is 0 Å². The van der Waals surface area contributed by atoms with Crippen LogP contribution in [0.1, 0.15) is 40.6 Å². The van der Waals surface area contributed by atoms with Gasteiger partial charge in [0.25, 0.3) is 0 Å². The molecule has 0 N–H and O–H groups in total. The van der Waals surface area contributed by atoms with E-state index in [1.165, 1.54) is 0 Å². The molecule has 0 saturated heterocycles. The number of nitrogens with zero attached hydrogens (tertiary/aromatic N) is 1. The van der Waals surface area contributed by atoms with Gasteiger partial charge in [0.15, 0.2) is 0 Å². The van der Waals surface area contributed by atoms with Gasteiger partial charge in [-0.2, -0.15) is 0 Å². The third-order valence-corrected chi connectivity index (χ3v) is 3.64. The van der Waals surface area contributed by atoms with E-state index in [1.54, 1.807) is 0 Å². The van der Waals surface area contributed by atoms with Crippen molar-refractivity contribution in [1.29, 1.82) is 0 Å². The number of aldehydes is 2. The largest absolute Gasteiger partial charge is 0.338 e. The second kappa shape index (κ2) is 4.60. The Morgan fingerprint density at radius 1 is 0.850 bits per heavy atom. The van der Waals surface area contributed by atoms with Gasteiger partial charge in [-0.3, -0.25) is 9.59 Å². The van der Waals surface area contributed by atoms with E-state index in [4.69, 9.17) is 0 Å². The van der Waals surface area contributed by atoms with E-state index < -0.39 is 0 Å². The third-order valence-electron chi connectivity index (χ3n) is 3.64. The van der Waals surface area contributed by atoms with Gasteiger partial charge >= 0.3 is 0 Å². The molecule has 3 aromatic rings. The average molecular weight is 265 g/mol. The van der Waals surface area contributed by atoms with E-state index in [0.29, 0.717) is 17.2 Å². The lowest BCUT2D eigenvalue weighted by molar-refractivity contribution is 0.111. The van der Waals surface area contributed by atoms with Gasteiger partial charge in [-0.25, -0.2) is 0 Å². The van der Waals surface area contributed by atoms with E-state index in [-0.39, 0.29) is 0 Å². The van der Waals surface area contributed by atoms with Crippen LogP contribution in [0.25, 0.3) is 21.8 Å². The number of aromatic nitrogens is 1. The Kier molecular flexibility index (Phi) is 2.90. The van der Waals surface area contributed by atoms with Crippen molar-refractivity contribution < 1.29 is 9.59 Å². The van der Waals surface area contributed by atoms with Crippen molar-refractivity contribution in [2.24, 2.45) is 0 Å². The molecule has 0 spiro atoms. The minimum absolute atomic E-state index is 0.305. The normalized spacial score (nSPS) is 11.3. The Balaban J connectivity index is 2.51. The van der Waals surface area contributed by atoms with Gasteiger partial charge in [-0.1, -0.05) is 0 Å². The standard InChI is InChI=1S/C17H15NO2/c1-11(2)18-16-5-3-12(9-19)7-14(16)15-8-13(10-20)4-6-17(15)18/h3-11H,1-2H3. The molecule has 1 heterocycles. The van der Waals surface area contributed by atoms with Gasteiger partial charge in [0, 0.05) is 39.0 Å².